The van der Waals surface area contributed by atoms with Gasteiger partial charge >= 0.3 is 0 Å². The summed E-state index contributed by atoms with van der Waals surface area (Å²) in [6.45, 7) is 2.92. The molecule has 1 saturated carbocycles. The van der Waals surface area contributed by atoms with E-state index in [1.54, 1.807) is 0 Å². The molecule has 0 spiro atoms. The van der Waals surface area contributed by atoms with Crippen molar-refractivity contribution in [3.8, 4) is 5.75 Å². The van der Waals surface area contributed by atoms with Gasteiger partial charge in [-0.15, -0.1) is 0 Å². The van der Waals surface area contributed by atoms with Gasteiger partial charge in [0, 0.05) is 11.8 Å². The van der Waals surface area contributed by atoms with Crippen LogP contribution in [0, 0.1) is 12.8 Å². The van der Waals surface area contributed by atoms with Crippen LogP contribution in [-0.4, -0.2) is 6.61 Å². The van der Waals surface area contributed by atoms with Gasteiger partial charge in [0.1, 0.15) is 5.75 Å². The molecule has 0 aliphatic heterocycles. The average Bonchev–Trinajstić information content (AvgIpc) is 2.32. The molecule has 1 aromatic rings. The fourth-order valence-electron chi connectivity index (χ4n) is 2.33. The number of aryl methyl sites for hydroxylation is 1. The van der Waals surface area contributed by atoms with Crippen molar-refractivity contribution in [3.05, 3.63) is 23.8 Å². The van der Waals surface area contributed by atoms with Crippen LogP contribution in [0.15, 0.2) is 18.2 Å². The van der Waals surface area contributed by atoms with Crippen LogP contribution in [0.5, 0.6) is 5.75 Å². The fraction of sp³-hybridized carbons (Fsp3) is 0.571. The quantitative estimate of drug-likeness (QED) is 0.789. The molecule has 2 N–H and O–H groups in total. The summed E-state index contributed by atoms with van der Waals surface area (Å²) >= 11 is 0. The lowest BCUT2D eigenvalue weighted by molar-refractivity contribution is 0.208. The maximum Gasteiger partial charge on any atom is 0.124 e. The normalized spacial score (nSPS) is 17.3. The van der Waals surface area contributed by atoms with Gasteiger partial charge in [-0.1, -0.05) is 25.3 Å². The van der Waals surface area contributed by atoms with Crippen molar-refractivity contribution in [2.24, 2.45) is 5.92 Å². The predicted octanol–water partition coefficient (Wildman–Crippen LogP) is 3.54. The summed E-state index contributed by atoms with van der Waals surface area (Å²) in [5, 5.41) is 0. The Bertz CT molecular complexity index is 343. The Hall–Kier alpha value is -1.18. The van der Waals surface area contributed by atoms with Crippen LogP contribution in [0.4, 0.5) is 5.69 Å². The lowest BCUT2D eigenvalue weighted by Gasteiger charge is -2.22. The van der Waals surface area contributed by atoms with Crippen LogP contribution in [0.1, 0.15) is 37.7 Å². The van der Waals surface area contributed by atoms with E-state index in [2.05, 4.69) is 6.92 Å². The summed E-state index contributed by atoms with van der Waals surface area (Å²) < 4.78 is 5.88. The van der Waals surface area contributed by atoms with Crippen LogP contribution in [0.3, 0.4) is 0 Å². The van der Waals surface area contributed by atoms with Crippen molar-refractivity contribution in [3.63, 3.8) is 0 Å². The average molecular weight is 219 g/mol. The van der Waals surface area contributed by atoms with Gasteiger partial charge in [-0.05, 0) is 37.3 Å². The molecule has 0 aromatic heterocycles. The minimum absolute atomic E-state index is 0.745. The van der Waals surface area contributed by atoms with Crippen molar-refractivity contribution in [2.75, 3.05) is 12.3 Å². The fourth-order valence-corrected chi connectivity index (χ4v) is 2.33. The number of ether oxygens (including phenoxy) is 1. The Labute approximate surface area is 97.8 Å². The Kier molecular flexibility index (Phi) is 3.70. The van der Waals surface area contributed by atoms with Gasteiger partial charge in [0.25, 0.3) is 0 Å². The lowest BCUT2D eigenvalue weighted by atomic mass is 9.90. The molecule has 0 heterocycles. The Morgan fingerprint density at radius 3 is 2.75 bits per heavy atom. The maximum absolute atomic E-state index is 5.88. The van der Waals surface area contributed by atoms with E-state index < -0.39 is 0 Å². The van der Waals surface area contributed by atoms with E-state index >= 15 is 0 Å². The molecule has 0 atom stereocenters. The molecule has 2 nitrogen and oxygen atoms in total. The smallest absolute Gasteiger partial charge is 0.124 e. The second-order valence-corrected chi connectivity index (χ2v) is 4.84. The molecule has 88 valence electrons. The van der Waals surface area contributed by atoms with Crippen LogP contribution < -0.4 is 10.5 Å². The van der Waals surface area contributed by atoms with E-state index in [-0.39, 0.29) is 0 Å². The minimum Gasteiger partial charge on any atom is -0.493 e. The van der Waals surface area contributed by atoms with E-state index in [4.69, 9.17) is 10.5 Å². The van der Waals surface area contributed by atoms with Crippen LogP contribution >= 0.6 is 0 Å². The molecule has 2 heteroatoms. The first-order valence-electron chi connectivity index (χ1n) is 6.24. The molecule has 0 unspecified atom stereocenters. The number of hydrogen-bond acceptors (Lipinski definition) is 2. The number of benzene rings is 1. The molecule has 0 bridgehead atoms. The van der Waals surface area contributed by atoms with E-state index in [0.29, 0.717) is 0 Å². The molecule has 2 rings (SSSR count). The molecule has 0 amide bonds. The first-order valence-corrected chi connectivity index (χ1v) is 6.24. The highest BCUT2D eigenvalue weighted by atomic mass is 16.5. The van der Waals surface area contributed by atoms with Crippen molar-refractivity contribution in [1.29, 1.82) is 0 Å². The number of nitrogens with two attached hydrogens (primary N) is 1. The van der Waals surface area contributed by atoms with Gasteiger partial charge in [-0.2, -0.15) is 0 Å². The summed E-state index contributed by atoms with van der Waals surface area (Å²) in [5.41, 5.74) is 7.71. The van der Waals surface area contributed by atoms with Gasteiger partial charge in [0.15, 0.2) is 0 Å². The van der Waals surface area contributed by atoms with Gasteiger partial charge in [-0.25, -0.2) is 0 Å². The first kappa shape index (κ1) is 11.3. The molecule has 1 aromatic carbocycles. The van der Waals surface area contributed by atoms with Crippen LogP contribution in [0.2, 0.25) is 0 Å². The first-order chi connectivity index (χ1) is 7.75. The molecular weight excluding hydrogens is 198 g/mol. The van der Waals surface area contributed by atoms with E-state index in [9.17, 15) is 0 Å². The predicted molar refractivity (Wildman–Crippen MR) is 67.7 cm³/mol. The number of anilines is 1. The SMILES string of the molecule is Cc1ccc(N)cc1OCC1CCCCC1. The highest BCUT2D eigenvalue weighted by Gasteiger charge is 2.14. The Morgan fingerprint density at radius 1 is 1.25 bits per heavy atom. The van der Waals surface area contributed by atoms with Gasteiger partial charge in [0.2, 0.25) is 0 Å². The molecule has 1 aliphatic carbocycles. The highest BCUT2D eigenvalue weighted by Crippen LogP contribution is 2.26. The highest BCUT2D eigenvalue weighted by molar-refractivity contribution is 5.47. The van der Waals surface area contributed by atoms with Gasteiger partial charge < -0.3 is 10.5 Å². The number of rotatable bonds is 3. The zero-order valence-corrected chi connectivity index (χ0v) is 10.0. The maximum atomic E-state index is 5.88. The van der Waals surface area contributed by atoms with Crippen molar-refractivity contribution < 1.29 is 4.74 Å². The largest absolute Gasteiger partial charge is 0.493 e. The minimum atomic E-state index is 0.745. The monoisotopic (exact) mass is 219 g/mol. The van der Waals surface area contributed by atoms with E-state index in [1.165, 1.54) is 37.7 Å². The standard InChI is InChI=1S/C14H21NO/c1-11-7-8-13(15)9-14(11)16-10-12-5-3-2-4-6-12/h7-9,12H,2-6,10,15H2,1H3. The Morgan fingerprint density at radius 2 is 2.00 bits per heavy atom. The lowest BCUT2D eigenvalue weighted by Crippen LogP contribution is -2.15. The summed E-state index contributed by atoms with van der Waals surface area (Å²) in [5.74, 6) is 1.69. The van der Waals surface area contributed by atoms with Crippen molar-refractivity contribution in [2.45, 2.75) is 39.0 Å². The molecule has 0 saturated heterocycles. The molecule has 0 radical (unpaired) electrons. The number of hydrogen-bond donors (Lipinski definition) is 1. The van der Waals surface area contributed by atoms with Crippen LogP contribution in [-0.2, 0) is 0 Å². The zero-order valence-electron chi connectivity index (χ0n) is 10.0. The van der Waals surface area contributed by atoms with Gasteiger partial charge in [0.05, 0.1) is 6.61 Å². The number of nitrogen functional groups attached to an aromatic ring is 1. The third-order valence-corrected chi connectivity index (χ3v) is 3.41. The van der Waals surface area contributed by atoms with Crippen LogP contribution in [0.25, 0.3) is 0 Å². The summed E-state index contributed by atoms with van der Waals surface area (Å²) in [6.07, 6.45) is 6.77. The Balaban J connectivity index is 1.90. The summed E-state index contributed by atoms with van der Waals surface area (Å²) in [6, 6.07) is 5.87. The molecule has 1 fully saturated rings. The summed E-state index contributed by atoms with van der Waals surface area (Å²) in [7, 11) is 0. The molecule has 1 aliphatic rings. The third-order valence-electron chi connectivity index (χ3n) is 3.41. The van der Waals surface area contributed by atoms with E-state index in [0.717, 1.165) is 24.0 Å². The van der Waals surface area contributed by atoms with Crippen molar-refractivity contribution in [1.82, 2.24) is 0 Å². The second kappa shape index (κ2) is 5.24. The summed E-state index contributed by atoms with van der Waals surface area (Å²) in [4.78, 5) is 0. The van der Waals surface area contributed by atoms with Gasteiger partial charge in [-0.3, -0.25) is 0 Å². The molecule has 16 heavy (non-hydrogen) atoms. The third kappa shape index (κ3) is 2.91. The zero-order chi connectivity index (χ0) is 11.4. The molecular formula is C14H21NO. The van der Waals surface area contributed by atoms with E-state index in [1.807, 2.05) is 18.2 Å². The second-order valence-electron chi connectivity index (χ2n) is 4.84. The topological polar surface area (TPSA) is 35.2 Å². The van der Waals surface area contributed by atoms with Crippen molar-refractivity contribution >= 4 is 5.69 Å².